The van der Waals surface area contributed by atoms with Crippen molar-refractivity contribution in [3.8, 4) is 0 Å². The molecular weight excluding hydrogens is 949 g/mol. The lowest BCUT2D eigenvalue weighted by Gasteiger charge is -2.18. The van der Waals surface area contributed by atoms with Crippen LogP contribution in [-0.2, 0) is 28.6 Å². The predicted molar refractivity (Wildman–Crippen MR) is 335 cm³/mol. The fourth-order valence-corrected chi connectivity index (χ4v) is 10.7. The van der Waals surface area contributed by atoms with Crippen LogP contribution in [0.5, 0.6) is 0 Å². The summed E-state index contributed by atoms with van der Waals surface area (Å²) in [5.74, 6) is -0.843. The molecule has 0 aliphatic carbocycles. The Kier molecular flexibility index (Phi) is 64.6. The number of carbonyl (C=O) groups is 3. The number of esters is 3. The Balaban J connectivity index is 4.25. The molecule has 6 nitrogen and oxygen atoms in total. The molecule has 0 aliphatic heterocycles. The van der Waals surface area contributed by atoms with E-state index in [2.05, 4.69) is 45.1 Å². The van der Waals surface area contributed by atoms with Crippen molar-refractivity contribution in [3.05, 3.63) is 24.3 Å². The Bertz CT molecular complexity index is 1240. The van der Waals surface area contributed by atoms with Crippen molar-refractivity contribution >= 4 is 17.9 Å². The first-order valence-corrected chi connectivity index (χ1v) is 34.8. The zero-order chi connectivity index (χ0) is 55.7. The summed E-state index contributed by atoms with van der Waals surface area (Å²) in [5.41, 5.74) is 0. The van der Waals surface area contributed by atoms with Crippen molar-refractivity contribution in [1.29, 1.82) is 0 Å². The maximum atomic E-state index is 12.9. The van der Waals surface area contributed by atoms with E-state index in [4.69, 9.17) is 14.2 Å². The maximum absolute atomic E-state index is 12.9. The van der Waals surface area contributed by atoms with E-state index in [-0.39, 0.29) is 31.1 Å². The third kappa shape index (κ3) is 64.6. The molecule has 1 atom stereocenters. The summed E-state index contributed by atoms with van der Waals surface area (Å²) in [6, 6.07) is 0. The van der Waals surface area contributed by atoms with Crippen LogP contribution in [0.3, 0.4) is 0 Å². The molecule has 0 saturated carbocycles. The number of rotatable bonds is 65. The highest BCUT2D eigenvalue weighted by Crippen LogP contribution is 2.19. The zero-order valence-corrected chi connectivity index (χ0v) is 52.3. The molecule has 6 heteroatoms. The number of ether oxygens (including phenoxy) is 3. The molecule has 77 heavy (non-hydrogen) atoms. The molecule has 0 heterocycles. The van der Waals surface area contributed by atoms with Gasteiger partial charge in [0.2, 0.25) is 0 Å². The van der Waals surface area contributed by atoms with Crippen molar-refractivity contribution in [2.24, 2.45) is 0 Å². The molecule has 0 radical (unpaired) electrons. The Hall–Kier alpha value is -2.11. The minimum Gasteiger partial charge on any atom is -0.462 e. The molecule has 0 fully saturated rings. The molecule has 454 valence electrons. The van der Waals surface area contributed by atoms with Crippen LogP contribution in [0.15, 0.2) is 24.3 Å². The number of allylic oxidation sites excluding steroid dienone is 4. The van der Waals surface area contributed by atoms with Crippen molar-refractivity contribution < 1.29 is 28.6 Å². The van der Waals surface area contributed by atoms with Gasteiger partial charge in [-0.2, -0.15) is 0 Å². The Morgan fingerprint density at radius 2 is 0.468 bits per heavy atom. The molecule has 0 aromatic rings. The molecule has 0 saturated heterocycles. The summed E-state index contributed by atoms with van der Waals surface area (Å²) in [6.45, 7) is 6.69. The highest BCUT2D eigenvalue weighted by atomic mass is 16.6. The van der Waals surface area contributed by atoms with E-state index in [0.29, 0.717) is 19.3 Å². The van der Waals surface area contributed by atoms with Crippen LogP contribution in [-0.4, -0.2) is 37.2 Å². The molecular formula is C71H134O6. The second-order valence-corrected chi connectivity index (χ2v) is 23.8. The Morgan fingerprint density at radius 3 is 0.740 bits per heavy atom. The van der Waals surface area contributed by atoms with Crippen molar-refractivity contribution in [2.45, 2.75) is 399 Å². The van der Waals surface area contributed by atoms with Crippen LogP contribution >= 0.6 is 0 Å². The van der Waals surface area contributed by atoms with Gasteiger partial charge in [0.15, 0.2) is 6.10 Å². The molecule has 0 aromatic carbocycles. The van der Waals surface area contributed by atoms with Crippen molar-refractivity contribution in [3.63, 3.8) is 0 Å². The minimum absolute atomic E-state index is 0.0681. The van der Waals surface area contributed by atoms with Gasteiger partial charge in [-0.25, -0.2) is 0 Å². The molecule has 0 aliphatic rings. The molecule has 0 aromatic heterocycles. The first-order valence-electron chi connectivity index (χ1n) is 34.8. The van der Waals surface area contributed by atoms with Gasteiger partial charge in [-0.05, 0) is 51.4 Å². The lowest BCUT2D eigenvalue weighted by atomic mass is 10.0. The summed E-state index contributed by atoms with van der Waals surface area (Å²) in [7, 11) is 0. The average molecular weight is 1080 g/mol. The van der Waals surface area contributed by atoms with E-state index in [0.717, 1.165) is 70.6 Å². The van der Waals surface area contributed by atoms with Gasteiger partial charge in [-0.15, -0.1) is 0 Å². The van der Waals surface area contributed by atoms with E-state index in [1.807, 2.05) is 0 Å². The highest BCUT2D eigenvalue weighted by Gasteiger charge is 2.19. The van der Waals surface area contributed by atoms with Crippen LogP contribution < -0.4 is 0 Å². The van der Waals surface area contributed by atoms with Crippen LogP contribution in [0, 0.1) is 0 Å². The molecule has 0 rings (SSSR count). The fraction of sp³-hybridized carbons (Fsp3) is 0.901. The Morgan fingerprint density at radius 1 is 0.260 bits per heavy atom. The summed E-state index contributed by atoms with van der Waals surface area (Å²) >= 11 is 0. The quantitative estimate of drug-likeness (QED) is 0.0261. The van der Waals surface area contributed by atoms with Crippen molar-refractivity contribution in [2.75, 3.05) is 13.2 Å². The van der Waals surface area contributed by atoms with Gasteiger partial charge in [0, 0.05) is 19.3 Å². The predicted octanol–water partition coefficient (Wildman–Crippen LogP) is 23.8. The van der Waals surface area contributed by atoms with E-state index < -0.39 is 6.10 Å². The summed E-state index contributed by atoms with van der Waals surface area (Å²) in [4.78, 5) is 38.4. The second kappa shape index (κ2) is 66.4. The number of unbranched alkanes of at least 4 members (excludes halogenated alkanes) is 50. The first-order chi connectivity index (χ1) is 38.0. The molecule has 1 unspecified atom stereocenters. The van der Waals surface area contributed by atoms with Gasteiger partial charge in [0.05, 0.1) is 0 Å². The Labute approximate surface area is 481 Å². The zero-order valence-electron chi connectivity index (χ0n) is 52.3. The smallest absolute Gasteiger partial charge is 0.306 e. The standard InChI is InChI=1S/C71H134O6/c1-4-7-10-13-16-19-22-25-28-31-32-33-34-35-36-37-38-41-43-46-49-52-55-58-61-64-70(73)76-67-68(77-71(74)65-62-59-56-53-50-47-44-40-30-27-24-21-18-15-12-9-6-3)66-75-69(72)63-60-57-54-51-48-45-42-39-29-26-23-20-17-14-11-8-5-2/h18,21,27,30,68H,4-17,19-20,22-26,28-29,31-67H2,1-3H3/b21-18-,30-27-. The minimum atomic E-state index is -0.772. The highest BCUT2D eigenvalue weighted by molar-refractivity contribution is 5.71. The first kappa shape index (κ1) is 74.9. The number of hydrogen-bond acceptors (Lipinski definition) is 6. The van der Waals surface area contributed by atoms with E-state index in [1.165, 1.54) is 283 Å². The lowest BCUT2D eigenvalue weighted by molar-refractivity contribution is -0.167. The monoisotopic (exact) mass is 1080 g/mol. The maximum Gasteiger partial charge on any atom is 0.306 e. The van der Waals surface area contributed by atoms with Crippen LogP contribution in [0.25, 0.3) is 0 Å². The number of carbonyl (C=O) groups excluding carboxylic acids is 3. The number of hydrogen-bond donors (Lipinski definition) is 0. The van der Waals surface area contributed by atoms with E-state index in [1.54, 1.807) is 0 Å². The van der Waals surface area contributed by atoms with Gasteiger partial charge < -0.3 is 14.2 Å². The fourth-order valence-electron chi connectivity index (χ4n) is 10.7. The van der Waals surface area contributed by atoms with Gasteiger partial charge >= 0.3 is 17.9 Å². The SMILES string of the molecule is CCCCC/C=C\C/C=C\CCCCCCCCCC(=O)OC(COC(=O)CCCCCCCCCCCCCCCCCCC)COC(=O)CCCCCCCCCCCCCCCCCCCCCCCCCCC. The third-order valence-electron chi connectivity index (χ3n) is 16.0. The van der Waals surface area contributed by atoms with Crippen LogP contribution in [0.1, 0.15) is 393 Å². The molecule has 0 spiro atoms. The van der Waals surface area contributed by atoms with Crippen molar-refractivity contribution in [1.82, 2.24) is 0 Å². The van der Waals surface area contributed by atoms with Crippen LogP contribution in [0.4, 0.5) is 0 Å². The van der Waals surface area contributed by atoms with Gasteiger partial charge in [-0.1, -0.05) is 347 Å². The van der Waals surface area contributed by atoms with Crippen LogP contribution in [0.2, 0.25) is 0 Å². The van der Waals surface area contributed by atoms with E-state index in [9.17, 15) is 14.4 Å². The van der Waals surface area contributed by atoms with Gasteiger partial charge in [-0.3, -0.25) is 14.4 Å². The normalized spacial score (nSPS) is 12.1. The largest absolute Gasteiger partial charge is 0.462 e. The average Bonchev–Trinajstić information content (AvgIpc) is 3.43. The van der Waals surface area contributed by atoms with Gasteiger partial charge in [0.1, 0.15) is 13.2 Å². The van der Waals surface area contributed by atoms with E-state index >= 15 is 0 Å². The summed E-state index contributed by atoms with van der Waals surface area (Å²) in [5, 5.41) is 0. The molecule has 0 N–H and O–H groups in total. The second-order valence-electron chi connectivity index (χ2n) is 23.8. The third-order valence-corrected chi connectivity index (χ3v) is 16.0. The molecule has 0 amide bonds. The molecule has 0 bridgehead atoms. The lowest BCUT2D eigenvalue weighted by Crippen LogP contribution is -2.30. The topological polar surface area (TPSA) is 78.9 Å². The summed E-state index contributed by atoms with van der Waals surface area (Å²) < 4.78 is 17.0. The summed E-state index contributed by atoms with van der Waals surface area (Å²) in [6.07, 6.45) is 80.6. The van der Waals surface area contributed by atoms with Gasteiger partial charge in [0.25, 0.3) is 0 Å².